The molecule has 1 amide bonds. The number of nitrogens with zero attached hydrogens (tertiary/aromatic N) is 2. The van der Waals surface area contributed by atoms with Gasteiger partial charge in [0, 0.05) is 43.8 Å². The molecule has 128 valence electrons. The Morgan fingerprint density at radius 3 is 2.48 bits per heavy atom. The van der Waals surface area contributed by atoms with E-state index < -0.39 is 0 Å². The molecule has 0 aromatic heterocycles. The second kappa shape index (κ2) is 9.23. The zero-order chi connectivity index (χ0) is 16.7. The van der Waals surface area contributed by atoms with Gasteiger partial charge in [-0.2, -0.15) is 0 Å². The van der Waals surface area contributed by atoms with Crippen LogP contribution in [-0.4, -0.2) is 66.2 Å². The predicted molar refractivity (Wildman–Crippen MR) is 92.5 cm³/mol. The Labute approximate surface area is 143 Å². The third-order valence-corrected chi connectivity index (χ3v) is 4.63. The minimum atomic E-state index is 0.0441. The summed E-state index contributed by atoms with van der Waals surface area (Å²) in [5.41, 5.74) is 1.04. The van der Waals surface area contributed by atoms with Crippen molar-refractivity contribution in [3.63, 3.8) is 0 Å². The van der Waals surface area contributed by atoms with Crippen molar-refractivity contribution >= 4 is 17.5 Å². The van der Waals surface area contributed by atoms with Crippen molar-refractivity contribution in [2.45, 2.75) is 25.9 Å². The van der Waals surface area contributed by atoms with Crippen LogP contribution >= 0.6 is 11.6 Å². The lowest BCUT2D eigenvalue weighted by Gasteiger charge is -2.38. The van der Waals surface area contributed by atoms with Gasteiger partial charge in [0.15, 0.2) is 0 Å². The summed E-state index contributed by atoms with van der Waals surface area (Å²) in [6.45, 7) is 6.80. The highest BCUT2D eigenvalue weighted by molar-refractivity contribution is 6.30. The maximum Gasteiger partial charge on any atom is 0.234 e. The van der Waals surface area contributed by atoms with Crippen LogP contribution in [0.25, 0.3) is 0 Å². The van der Waals surface area contributed by atoms with E-state index in [2.05, 4.69) is 22.0 Å². The molecule has 0 radical (unpaired) electrons. The van der Waals surface area contributed by atoms with Crippen LogP contribution in [0.4, 0.5) is 0 Å². The molecule has 1 aliphatic heterocycles. The molecule has 0 bridgehead atoms. The summed E-state index contributed by atoms with van der Waals surface area (Å²) < 4.78 is 0. The van der Waals surface area contributed by atoms with Crippen LogP contribution in [0.5, 0.6) is 0 Å². The summed E-state index contributed by atoms with van der Waals surface area (Å²) in [5, 5.41) is 13.0. The van der Waals surface area contributed by atoms with E-state index in [0.717, 1.165) is 38.2 Å². The van der Waals surface area contributed by atoms with Gasteiger partial charge in [0.2, 0.25) is 5.91 Å². The number of benzene rings is 1. The molecule has 1 unspecified atom stereocenters. The van der Waals surface area contributed by atoms with E-state index in [1.165, 1.54) is 0 Å². The molecule has 1 heterocycles. The highest BCUT2D eigenvalue weighted by atomic mass is 35.5. The SMILES string of the molecule is CCC(CO)N1CCN(CC(=O)NCc2ccc(Cl)cc2)CC1. The number of aliphatic hydroxyl groups is 1. The fourth-order valence-corrected chi connectivity index (χ4v) is 2.98. The van der Waals surface area contributed by atoms with Gasteiger partial charge < -0.3 is 10.4 Å². The highest BCUT2D eigenvalue weighted by Crippen LogP contribution is 2.10. The summed E-state index contributed by atoms with van der Waals surface area (Å²) in [4.78, 5) is 16.5. The Morgan fingerprint density at radius 1 is 1.26 bits per heavy atom. The lowest BCUT2D eigenvalue weighted by atomic mass is 10.1. The van der Waals surface area contributed by atoms with Gasteiger partial charge in [0.05, 0.1) is 13.2 Å². The molecule has 1 aromatic rings. The van der Waals surface area contributed by atoms with Crippen LogP contribution in [0.3, 0.4) is 0 Å². The van der Waals surface area contributed by atoms with Gasteiger partial charge >= 0.3 is 0 Å². The number of halogens is 1. The lowest BCUT2D eigenvalue weighted by Crippen LogP contribution is -2.53. The molecule has 23 heavy (non-hydrogen) atoms. The number of piperazine rings is 1. The molecule has 6 heteroatoms. The highest BCUT2D eigenvalue weighted by Gasteiger charge is 2.23. The van der Waals surface area contributed by atoms with Gasteiger partial charge in [-0.3, -0.25) is 14.6 Å². The fourth-order valence-electron chi connectivity index (χ4n) is 2.85. The smallest absolute Gasteiger partial charge is 0.234 e. The van der Waals surface area contributed by atoms with Crippen molar-refractivity contribution in [3.8, 4) is 0 Å². The standard InChI is InChI=1S/C17H26ClN3O2/c1-2-16(13-22)21-9-7-20(8-10-21)12-17(23)19-11-14-3-5-15(18)6-4-14/h3-6,16,22H,2,7-13H2,1H3,(H,19,23). The van der Waals surface area contributed by atoms with E-state index in [-0.39, 0.29) is 18.6 Å². The molecule has 1 aromatic carbocycles. The van der Waals surface area contributed by atoms with Crippen molar-refractivity contribution in [2.75, 3.05) is 39.3 Å². The van der Waals surface area contributed by atoms with Gasteiger partial charge in [-0.25, -0.2) is 0 Å². The summed E-state index contributed by atoms with van der Waals surface area (Å²) in [6, 6.07) is 7.74. The van der Waals surface area contributed by atoms with Crippen molar-refractivity contribution < 1.29 is 9.90 Å². The third-order valence-electron chi connectivity index (χ3n) is 4.38. The third kappa shape index (κ3) is 5.77. The van der Waals surface area contributed by atoms with Gasteiger partial charge in [-0.05, 0) is 24.1 Å². The van der Waals surface area contributed by atoms with Crippen molar-refractivity contribution in [2.24, 2.45) is 0 Å². The quantitative estimate of drug-likeness (QED) is 0.787. The molecule has 0 spiro atoms. The number of carbonyl (C=O) groups is 1. The lowest BCUT2D eigenvalue weighted by molar-refractivity contribution is -0.123. The van der Waals surface area contributed by atoms with E-state index in [1.54, 1.807) is 0 Å². The zero-order valence-corrected chi connectivity index (χ0v) is 14.4. The second-order valence-corrected chi connectivity index (χ2v) is 6.40. The number of amides is 1. The van der Waals surface area contributed by atoms with Gasteiger partial charge in [-0.1, -0.05) is 30.7 Å². The molecular weight excluding hydrogens is 314 g/mol. The molecule has 1 fully saturated rings. The topological polar surface area (TPSA) is 55.8 Å². The maximum atomic E-state index is 12.0. The second-order valence-electron chi connectivity index (χ2n) is 5.96. The molecule has 1 saturated heterocycles. The van der Waals surface area contributed by atoms with Crippen LogP contribution in [0.2, 0.25) is 5.02 Å². The normalized spacial score (nSPS) is 17.9. The first kappa shape index (κ1) is 18.2. The summed E-state index contributed by atoms with van der Waals surface area (Å²) in [5.74, 6) is 0.0441. The Balaban J connectivity index is 1.69. The van der Waals surface area contributed by atoms with Gasteiger partial charge in [0.25, 0.3) is 0 Å². The average Bonchev–Trinajstić information content (AvgIpc) is 2.57. The molecule has 2 rings (SSSR count). The molecule has 0 saturated carbocycles. The fraction of sp³-hybridized carbons (Fsp3) is 0.588. The first-order valence-corrected chi connectivity index (χ1v) is 8.58. The van der Waals surface area contributed by atoms with Crippen LogP contribution < -0.4 is 5.32 Å². The zero-order valence-electron chi connectivity index (χ0n) is 13.7. The number of aliphatic hydroxyl groups excluding tert-OH is 1. The van der Waals surface area contributed by atoms with Crippen LogP contribution in [0.1, 0.15) is 18.9 Å². The van der Waals surface area contributed by atoms with E-state index >= 15 is 0 Å². The molecular formula is C17H26ClN3O2. The Kier molecular flexibility index (Phi) is 7.30. The minimum absolute atomic E-state index is 0.0441. The van der Waals surface area contributed by atoms with E-state index in [0.29, 0.717) is 18.1 Å². The largest absolute Gasteiger partial charge is 0.395 e. The number of rotatable bonds is 7. The predicted octanol–water partition coefficient (Wildman–Crippen LogP) is 1.34. The molecule has 1 aliphatic rings. The first-order valence-electron chi connectivity index (χ1n) is 8.20. The van der Waals surface area contributed by atoms with E-state index in [4.69, 9.17) is 11.6 Å². The van der Waals surface area contributed by atoms with E-state index in [9.17, 15) is 9.90 Å². The number of hydrogen-bond donors (Lipinski definition) is 2. The van der Waals surface area contributed by atoms with Gasteiger partial charge in [0.1, 0.15) is 0 Å². The summed E-state index contributed by atoms with van der Waals surface area (Å²) in [7, 11) is 0. The van der Waals surface area contributed by atoms with Crippen molar-refractivity contribution in [1.82, 2.24) is 15.1 Å². The molecule has 1 atom stereocenters. The summed E-state index contributed by atoms with van der Waals surface area (Å²) in [6.07, 6.45) is 0.956. The van der Waals surface area contributed by atoms with Gasteiger partial charge in [-0.15, -0.1) is 0 Å². The summed E-state index contributed by atoms with van der Waals surface area (Å²) >= 11 is 5.84. The molecule has 0 aliphatic carbocycles. The van der Waals surface area contributed by atoms with Crippen LogP contribution in [-0.2, 0) is 11.3 Å². The Bertz CT molecular complexity index is 483. The Morgan fingerprint density at radius 2 is 1.91 bits per heavy atom. The van der Waals surface area contributed by atoms with Crippen LogP contribution in [0, 0.1) is 0 Å². The van der Waals surface area contributed by atoms with E-state index in [1.807, 2.05) is 24.3 Å². The maximum absolute atomic E-state index is 12.0. The number of nitrogens with one attached hydrogen (secondary N) is 1. The minimum Gasteiger partial charge on any atom is -0.395 e. The van der Waals surface area contributed by atoms with Crippen molar-refractivity contribution in [3.05, 3.63) is 34.9 Å². The van der Waals surface area contributed by atoms with Crippen LogP contribution in [0.15, 0.2) is 24.3 Å². The monoisotopic (exact) mass is 339 g/mol. The van der Waals surface area contributed by atoms with Crippen molar-refractivity contribution in [1.29, 1.82) is 0 Å². The number of hydrogen-bond acceptors (Lipinski definition) is 4. The average molecular weight is 340 g/mol. The number of carbonyl (C=O) groups excluding carboxylic acids is 1. The molecule has 5 nitrogen and oxygen atoms in total. The molecule has 2 N–H and O–H groups in total. The Hall–Kier alpha value is -1.14. The first-order chi connectivity index (χ1) is 11.1.